The van der Waals surface area contributed by atoms with Crippen LogP contribution in [0, 0.1) is 0 Å². The van der Waals surface area contributed by atoms with Gasteiger partial charge >= 0.3 is 0 Å². The smallest absolute Gasteiger partial charge is 0.256 e. The van der Waals surface area contributed by atoms with Crippen molar-refractivity contribution in [3.8, 4) is 0 Å². The topological polar surface area (TPSA) is 81.7 Å². The van der Waals surface area contributed by atoms with Gasteiger partial charge in [-0.15, -0.1) is 0 Å². The second-order valence-corrected chi connectivity index (χ2v) is 7.01. The van der Waals surface area contributed by atoms with Crippen LogP contribution >= 0.6 is 0 Å². The molecule has 1 atom stereocenters. The van der Waals surface area contributed by atoms with E-state index in [4.69, 9.17) is 0 Å². The van der Waals surface area contributed by atoms with Crippen LogP contribution in [0.5, 0.6) is 0 Å². The zero-order valence-electron chi connectivity index (χ0n) is 16.1. The van der Waals surface area contributed by atoms with Gasteiger partial charge in [0.15, 0.2) is 0 Å². The summed E-state index contributed by atoms with van der Waals surface area (Å²) >= 11 is 0. The number of aliphatic hydroxyl groups excluding tert-OH is 1. The fourth-order valence-electron chi connectivity index (χ4n) is 3.45. The van der Waals surface area contributed by atoms with Crippen LogP contribution < -0.4 is 10.6 Å². The van der Waals surface area contributed by atoms with Gasteiger partial charge in [0.25, 0.3) is 5.91 Å². The zero-order valence-corrected chi connectivity index (χ0v) is 16.1. The van der Waals surface area contributed by atoms with Gasteiger partial charge in [-0.3, -0.25) is 9.59 Å². The number of aryl methyl sites for hydroxylation is 1. The first kappa shape index (κ1) is 19.9. The summed E-state index contributed by atoms with van der Waals surface area (Å²) in [5.41, 5.74) is 3.02. The molecule has 3 rings (SSSR count). The van der Waals surface area contributed by atoms with E-state index in [0.717, 1.165) is 30.5 Å². The minimum absolute atomic E-state index is 0.0605. The van der Waals surface area contributed by atoms with Crippen molar-refractivity contribution >= 4 is 23.2 Å². The summed E-state index contributed by atoms with van der Waals surface area (Å²) in [6.45, 7) is 3.09. The van der Waals surface area contributed by atoms with Crippen LogP contribution in [0.1, 0.15) is 35.7 Å². The van der Waals surface area contributed by atoms with Crippen molar-refractivity contribution < 1.29 is 14.7 Å². The Morgan fingerprint density at radius 1 is 1.11 bits per heavy atom. The van der Waals surface area contributed by atoms with Gasteiger partial charge in [0.2, 0.25) is 5.91 Å². The highest BCUT2D eigenvalue weighted by atomic mass is 16.3. The number of carbonyl (C=O) groups excluding carboxylic acids is 2. The van der Waals surface area contributed by atoms with Gasteiger partial charge in [-0.2, -0.15) is 0 Å². The number of likely N-dealkylation sites (tertiary alicyclic amines) is 1. The number of β-amino-alcohol motifs (C(OH)–C–C–N with tert-alkyl or cyclic N) is 1. The molecule has 3 N–H and O–H groups in total. The molecule has 0 saturated carbocycles. The molecule has 1 heterocycles. The maximum atomic E-state index is 12.9. The number of carbonyl (C=O) groups is 2. The number of aliphatic hydroxyl groups is 1. The summed E-state index contributed by atoms with van der Waals surface area (Å²) in [5, 5.41) is 15.8. The van der Waals surface area contributed by atoms with E-state index in [-0.39, 0.29) is 18.4 Å². The standard InChI is InChI=1S/C22H27N3O3/c1-2-16-8-3-5-11-19(16)24-21(27)14-23-20-12-6-4-10-18(20)22(28)25-13-7-9-17(26)15-25/h3-6,8,10-12,17,23,26H,2,7,9,13-15H2,1H3,(H,24,27)/t17-/m0/s1. The molecule has 0 spiro atoms. The second-order valence-electron chi connectivity index (χ2n) is 7.01. The molecule has 6 nitrogen and oxygen atoms in total. The summed E-state index contributed by atoms with van der Waals surface area (Å²) in [4.78, 5) is 26.9. The average molecular weight is 381 g/mol. The largest absolute Gasteiger partial charge is 0.391 e. The molecule has 0 bridgehead atoms. The molecular formula is C22H27N3O3. The van der Waals surface area contributed by atoms with Crippen LogP contribution in [-0.2, 0) is 11.2 Å². The molecule has 2 aromatic carbocycles. The Balaban J connectivity index is 1.65. The molecule has 2 amide bonds. The predicted octanol–water partition coefficient (Wildman–Crippen LogP) is 2.90. The van der Waals surface area contributed by atoms with E-state index < -0.39 is 6.10 Å². The first-order chi connectivity index (χ1) is 13.6. The Morgan fingerprint density at radius 2 is 1.82 bits per heavy atom. The van der Waals surface area contributed by atoms with Gasteiger partial charge in [0, 0.05) is 24.5 Å². The summed E-state index contributed by atoms with van der Waals surface area (Å²) in [5.74, 6) is -0.296. The van der Waals surface area contributed by atoms with Crippen LogP contribution in [0.3, 0.4) is 0 Å². The Hall–Kier alpha value is -2.86. The molecular weight excluding hydrogens is 354 g/mol. The SMILES string of the molecule is CCc1ccccc1NC(=O)CNc1ccccc1C(=O)N1CCC[C@H](O)C1. The van der Waals surface area contributed by atoms with Crippen molar-refractivity contribution in [3.05, 3.63) is 59.7 Å². The van der Waals surface area contributed by atoms with Crippen molar-refractivity contribution in [2.45, 2.75) is 32.3 Å². The van der Waals surface area contributed by atoms with Crippen molar-refractivity contribution in [1.82, 2.24) is 4.90 Å². The number of nitrogens with one attached hydrogen (secondary N) is 2. The van der Waals surface area contributed by atoms with Crippen molar-refractivity contribution in [2.24, 2.45) is 0 Å². The van der Waals surface area contributed by atoms with E-state index in [0.29, 0.717) is 24.3 Å². The average Bonchev–Trinajstić information content (AvgIpc) is 2.72. The monoisotopic (exact) mass is 381 g/mol. The third kappa shape index (κ3) is 4.89. The highest BCUT2D eigenvalue weighted by molar-refractivity contribution is 6.01. The van der Waals surface area contributed by atoms with Crippen molar-refractivity contribution in [2.75, 3.05) is 30.3 Å². The van der Waals surface area contributed by atoms with Gasteiger partial charge in [-0.1, -0.05) is 37.3 Å². The zero-order chi connectivity index (χ0) is 19.9. The van der Waals surface area contributed by atoms with Crippen LogP contribution in [0.4, 0.5) is 11.4 Å². The maximum Gasteiger partial charge on any atom is 0.256 e. The molecule has 1 fully saturated rings. The van der Waals surface area contributed by atoms with Gasteiger partial charge in [0.1, 0.15) is 0 Å². The van der Waals surface area contributed by atoms with Gasteiger partial charge in [-0.25, -0.2) is 0 Å². The summed E-state index contributed by atoms with van der Waals surface area (Å²) in [6, 6.07) is 14.9. The highest BCUT2D eigenvalue weighted by Crippen LogP contribution is 2.20. The van der Waals surface area contributed by atoms with Crippen molar-refractivity contribution in [1.29, 1.82) is 0 Å². The van der Waals surface area contributed by atoms with Crippen LogP contribution in [0.15, 0.2) is 48.5 Å². The quantitative estimate of drug-likeness (QED) is 0.719. The lowest BCUT2D eigenvalue weighted by molar-refractivity contribution is -0.114. The molecule has 0 unspecified atom stereocenters. The first-order valence-electron chi connectivity index (χ1n) is 9.76. The second kappa shape index (κ2) is 9.37. The Labute approximate surface area is 165 Å². The number of anilines is 2. The Kier molecular flexibility index (Phi) is 6.66. The minimum Gasteiger partial charge on any atom is -0.391 e. The number of rotatable bonds is 6. The normalized spacial score (nSPS) is 16.5. The van der Waals surface area contributed by atoms with Crippen molar-refractivity contribution in [3.63, 3.8) is 0 Å². The molecule has 28 heavy (non-hydrogen) atoms. The van der Waals surface area contributed by atoms with Crippen LogP contribution in [0.2, 0.25) is 0 Å². The number of hydrogen-bond donors (Lipinski definition) is 3. The van der Waals surface area contributed by atoms with Gasteiger partial charge in [-0.05, 0) is 43.0 Å². The third-order valence-corrected chi connectivity index (χ3v) is 4.95. The van der Waals surface area contributed by atoms with E-state index in [1.54, 1.807) is 23.1 Å². The fraction of sp³-hybridized carbons (Fsp3) is 0.364. The van der Waals surface area contributed by atoms with E-state index in [1.807, 2.05) is 37.3 Å². The number of para-hydroxylation sites is 2. The summed E-state index contributed by atoms with van der Waals surface area (Å²) in [6.07, 6.45) is 1.88. The van der Waals surface area contributed by atoms with Crippen LogP contribution in [0.25, 0.3) is 0 Å². The molecule has 1 saturated heterocycles. The van der Waals surface area contributed by atoms with Gasteiger partial charge in [0.05, 0.1) is 18.2 Å². The molecule has 148 valence electrons. The number of hydrogen-bond acceptors (Lipinski definition) is 4. The third-order valence-electron chi connectivity index (χ3n) is 4.95. The fourth-order valence-corrected chi connectivity index (χ4v) is 3.45. The molecule has 0 radical (unpaired) electrons. The molecule has 0 aromatic heterocycles. The predicted molar refractivity (Wildman–Crippen MR) is 111 cm³/mol. The molecule has 0 aliphatic carbocycles. The highest BCUT2D eigenvalue weighted by Gasteiger charge is 2.24. The first-order valence-corrected chi connectivity index (χ1v) is 9.76. The Morgan fingerprint density at radius 3 is 2.57 bits per heavy atom. The molecule has 1 aliphatic rings. The van der Waals surface area contributed by atoms with E-state index >= 15 is 0 Å². The van der Waals surface area contributed by atoms with E-state index in [1.165, 1.54) is 0 Å². The lowest BCUT2D eigenvalue weighted by Gasteiger charge is -2.30. The minimum atomic E-state index is -0.470. The summed E-state index contributed by atoms with van der Waals surface area (Å²) < 4.78 is 0. The van der Waals surface area contributed by atoms with E-state index in [9.17, 15) is 14.7 Å². The van der Waals surface area contributed by atoms with Gasteiger partial charge < -0.3 is 20.6 Å². The lowest BCUT2D eigenvalue weighted by atomic mass is 10.1. The number of nitrogens with zero attached hydrogens (tertiary/aromatic N) is 1. The molecule has 2 aromatic rings. The maximum absolute atomic E-state index is 12.9. The number of amides is 2. The molecule has 6 heteroatoms. The lowest BCUT2D eigenvalue weighted by Crippen LogP contribution is -2.42. The number of benzene rings is 2. The Bertz CT molecular complexity index is 837. The summed E-state index contributed by atoms with van der Waals surface area (Å²) in [7, 11) is 0. The molecule has 1 aliphatic heterocycles. The number of piperidine rings is 1. The van der Waals surface area contributed by atoms with Crippen LogP contribution in [-0.4, -0.2) is 47.6 Å². The van der Waals surface area contributed by atoms with E-state index in [2.05, 4.69) is 10.6 Å².